The molecule has 0 spiro atoms. The van der Waals surface area contributed by atoms with Gasteiger partial charge in [0, 0.05) is 12.1 Å². The van der Waals surface area contributed by atoms with Gasteiger partial charge in [0.15, 0.2) is 18.9 Å². The second-order valence-electron chi connectivity index (χ2n) is 3.20. The van der Waals surface area contributed by atoms with Crippen molar-refractivity contribution in [1.82, 2.24) is 5.32 Å². The van der Waals surface area contributed by atoms with E-state index in [2.05, 4.69) is 40.8 Å². The maximum absolute atomic E-state index is 3.43. The number of nitrogens with one attached hydrogen (secondary N) is 1. The molecule has 12 heavy (non-hydrogen) atoms. The van der Waals surface area contributed by atoms with Crippen LogP contribution in [-0.4, -0.2) is 12.6 Å². The minimum Gasteiger partial charge on any atom is -0.308 e. The lowest BCUT2D eigenvalue weighted by atomic mass is 10.2. The van der Waals surface area contributed by atoms with Crippen molar-refractivity contribution in [2.75, 3.05) is 6.54 Å². The van der Waals surface area contributed by atoms with Crippen LogP contribution in [0.15, 0.2) is 30.6 Å². The van der Waals surface area contributed by atoms with E-state index in [0.717, 1.165) is 13.1 Å². The van der Waals surface area contributed by atoms with Crippen LogP contribution in [0.3, 0.4) is 0 Å². The highest BCUT2D eigenvalue weighted by atomic mass is 15.0. The molecule has 2 heteroatoms. The summed E-state index contributed by atoms with van der Waals surface area (Å²) in [5.41, 5.74) is 0. The average molecular weight is 162 g/mol. The van der Waals surface area contributed by atoms with E-state index >= 15 is 0 Å². The molecule has 1 aliphatic heterocycles. The van der Waals surface area contributed by atoms with Gasteiger partial charge in [-0.05, 0) is 19.4 Å². The highest BCUT2D eigenvalue weighted by Crippen LogP contribution is 2.02. The van der Waals surface area contributed by atoms with Crippen molar-refractivity contribution >= 4 is 0 Å². The van der Waals surface area contributed by atoms with Crippen LogP contribution in [0, 0.1) is 6.42 Å². The second kappa shape index (κ2) is 3.68. The molecule has 0 amide bonds. The summed E-state index contributed by atoms with van der Waals surface area (Å²) in [6.07, 6.45) is 7.72. The molecule has 0 aromatic carbocycles. The van der Waals surface area contributed by atoms with Gasteiger partial charge in [-0.1, -0.05) is 6.07 Å². The van der Waals surface area contributed by atoms with Gasteiger partial charge in [-0.3, -0.25) is 0 Å². The Bertz CT molecular complexity index is 227. The number of hydrogen-bond acceptors (Lipinski definition) is 1. The van der Waals surface area contributed by atoms with Gasteiger partial charge in [0.1, 0.15) is 0 Å². The summed E-state index contributed by atoms with van der Waals surface area (Å²) in [5.74, 6) is 0. The molecule has 1 radical (unpaired) electrons. The maximum Gasteiger partial charge on any atom is 0.168 e. The van der Waals surface area contributed by atoms with E-state index in [1.54, 1.807) is 0 Å². The Balaban J connectivity index is 1.94. The summed E-state index contributed by atoms with van der Waals surface area (Å²) in [6, 6.07) is 6.82. The third-order valence-corrected chi connectivity index (χ3v) is 2.21. The van der Waals surface area contributed by atoms with E-state index in [1.165, 1.54) is 6.42 Å². The number of nitrogens with zero attached hydrogens (tertiary/aromatic N) is 1. The lowest BCUT2D eigenvalue weighted by Gasteiger charge is -2.04. The molecule has 0 aliphatic carbocycles. The Morgan fingerprint density at radius 3 is 2.75 bits per heavy atom. The second-order valence-corrected chi connectivity index (χ2v) is 3.20. The van der Waals surface area contributed by atoms with Crippen molar-refractivity contribution in [1.29, 1.82) is 0 Å². The Morgan fingerprint density at radius 2 is 2.08 bits per heavy atom. The summed E-state index contributed by atoms with van der Waals surface area (Å²) in [5, 5.41) is 3.43. The van der Waals surface area contributed by atoms with Crippen LogP contribution in [0.5, 0.6) is 0 Å². The summed E-state index contributed by atoms with van der Waals surface area (Å²) >= 11 is 0. The molecular formula is C10H14N2+. The first-order valence-electron chi connectivity index (χ1n) is 4.44. The largest absolute Gasteiger partial charge is 0.308 e. The number of aromatic nitrogens is 1. The van der Waals surface area contributed by atoms with E-state index in [9.17, 15) is 0 Å². The molecule has 1 N–H and O–H groups in total. The number of rotatable bonds is 2. The normalized spacial score (nSPS) is 22.8. The van der Waals surface area contributed by atoms with Gasteiger partial charge < -0.3 is 5.32 Å². The van der Waals surface area contributed by atoms with Crippen molar-refractivity contribution in [2.24, 2.45) is 0 Å². The van der Waals surface area contributed by atoms with Crippen molar-refractivity contribution in [2.45, 2.75) is 19.0 Å². The summed E-state index contributed by atoms with van der Waals surface area (Å²) in [7, 11) is 0. The first-order valence-corrected chi connectivity index (χ1v) is 4.44. The maximum atomic E-state index is 3.43. The smallest absolute Gasteiger partial charge is 0.168 e. The third kappa shape index (κ3) is 1.83. The zero-order valence-corrected chi connectivity index (χ0v) is 7.11. The standard InChI is InChI=1S/C10H14N2/c1-2-7-12(8-3-1)9-10-5-4-6-11-10/h1-4,7-8,10-11H,5-6,9H2/q+1. The van der Waals surface area contributed by atoms with Crippen LogP contribution in [0.4, 0.5) is 0 Å². The molecule has 63 valence electrons. The summed E-state index contributed by atoms with van der Waals surface area (Å²) in [4.78, 5) is 0. The van der Waals surface area contributed by atoms with Crippen molar-refractivity contribution in [3.63, 3.8) is 0 Å². The van der Waals surface area contributed by atoms with Gasteiger partial charge >= 0.3 is 0 Å². The first kappa shape index (κ1) is 7.74. The predicted octanol–water partition coefficient (Wildman–Crippen LogP) is 0.540. The summed E-state index contributed by atoms with van der Waals surface area (Å²) in [6.45, 7) is 2.15. The molecule has 0 bridgehead atoms. The van der Waals surface area contributed by atoms with Crippen LogP contribution < -0.4 is 9.88 Å². The first-order chi connectivity index (χ1) is 5.95. The molecule has 1 aromatic rings. The quantitative estimate of drug-likeness (QED) is 0.628. The Labute approximate surface area is 73.2 Å². The number of pyridine rings is 1. The molecule has 1 fully saturated rings. The van der Waals surface area contributed by atoms with Crippen LogP contribution in [-0.2, 0) is 6.54 Å². The van der Waals surface area contributed by atoms with Gasteiger partial charge in [-0.25, -0.2) is 4.57 Å². The van der Waals surface area contributed by atoms with E-state index in [4.69, 9.17) is 0 Å². The molecule has 2 heterocycles. The van der Waals surface area contributed by atoms with Crippen LogP contribution >= 0.6 is 0 Å². The lowest BCUT2D eigenvalue weighted by molar-refractivity contribution is -0.699. The molecular weight excluding hydrogens is 148 g/mol. The molecule has 1 aliphatic rings. The molecule has 2 nitrogen and oxygen atoms in total. The zero-order valence-electron chi connectivity index (χ0n) is 7.11. The van der Waals surface area contributed by atoms with Crippen LogP contribution in [0.2, 0.25) is 0 Å². The van der Waals surface area contributed by atoms with Crippen molar-refractivity contribution in [3.05, 3.63) is 37.0 Å². The van der Waals surface area contributed by atoms with E-state index in [-0.39, 0.29) is 0 Å². The van der Waals surface area contributed by atoms with Crippen molar-refractivity contribution < 1.29 is 4.57 Å². The SMILES string of the molecule is [CH]1CNC(C[n+]2ccccc2)C1. The topological polar surface area (TPSA) is 15.9 Å². The minimum absolute atomic E-state index is 0.636. The molecule has 0 saturated carbocycles. The Morgan fingerprint density at radius 1 is 1.25 bits per heavy atom. The molecule has 1 aromatic heterocycles. The van der Waals surface area contributed by atoms with Gasteiger partial charge in [0.2, 0.25) is 0 Å². The van der Waals surface area contributed by atoms with Crippen LogP contribution in [0.25, 0.3) is 0 Å². The van der Waals surface area contributed by atoms with Gasteiger partial charge in [-0.2, -0.15) is 0 Å². The predicted molar refractivity (Wildman–Crippen MR) is 47.3 cm³/mol. The lowest BCUT2D eigenvalue weighted by Crippen LogP contribution is -2.42. The Hall–Kier alpha value is -0.890. The highest BCUT2D eigenvalue weighted by Gasteiger charge is 2.17. The fraction of sp³-hybridized carbons (Fsp3) is 0.400. The van der Waals surface area contributed by atoms with E-state index in [0.29, 0.717) is 6.04 Å². The van der Waals surface area contributed by atoms with Crippen LogP contribution in [0.1, 0.15) is 6.42 Å². The van der Waals surface area contributed by atoms with Gasteiger partial charge in [0.25, 0.3) is 0 Å². The minimum atomic E-state index is 0.636. The summed E-state index contributed by atoms with van der Waals surface area (Å²) < 4.78 is 2.22. The number of hydrogen-bond donors (Lipinski definition) is 1. The Kier molecular flexibility index (Phi) is 2.37. The molecule has 2 rings (SSSR count). The van der Waals surface area contributed by atoms with E-state index < -0.39 is 0 Å². The fourth-order valence-corrected chi connectivity index (χ4v) is 1.57. The van der Waals surface area contributed by atoms with Crippen molar-refractivity contribution in [3.8, 4) is 0 Å². The fourth-order valence-electron chi connectivity index (χ4n) is 1.57. The molecule has 1 saturated heterocycles. The molecule has 1 unspecified atom stereocenters. The monoisotopic (exact) mass is 162 g/mol. The van der Waals surface area contributed by atoms with Gasteiger partial charge in [0.05, 0.1) is 6.04 Å². The highest BCUT2D eigenvalue weighted by molar-refractivity contribution is 4.86. The average Bonchev–Trinajstić information content (AvgIpc) is 2.59. The third-order valence-electron chi connectivity index (χ3n) is 2.21. The van der Waals surface area contributed by atoms with Gasteiger partial charge in [-0.15, -0.1) is 0 Å². The molecule has 1 atom stereocenters. The van der Waals surface area contributed by atoms with E-state index in [1.807, 2.05) is 6.07 Å². The zero-order chi connectivity index (χ0) is 8.23.